The van der Waals surface area contributed by atoms with Gasteiger partial charge in [-0.05, 0) is 30.6 Å². The first kappa shape index (κ1) is 9.57. The molecule has 0 saturated heterocycles. The molecule has 0 amide bonds. The lowest BCUT2D eigenvalue weighted by Crippen LogP contribution is -2.15. The third-order valence-electron chi connectivity index (χ3n) is 2.64. The lowest BCUT2D eigenvalue weighted by Gasteiger charge is -2.27. The van der Waals surface area contributed by atoms with Gasteiger partial charge < -0.3 is 0 Å². The largest absolute Gasteiger partial charge is 0.0840 e. The van der Waals surface area contributed by atoms with Crippen LogP contribution in [0.5, 0.6) is 0 Å². The van der Waals surface area contributed by atoms with E-state index in [2.05, 4.69) is 45.1 Å². The minimum absolute atomic E-state index is 0.488. The maximum atomic E-state index is 2.36. The van der Waals surface area contributed by atoms with E-state index in [0.29, 0.717) is 5.41 Å². The fourth-order valence-electron chi connectivity index (χ4n) is 1.83. The van der Waals surface area contributed by atoms with E-state index >= 15 is 0 Å². The van der Waals surface area contributed by atoms with Gasteiger partial charge in [-0.3, -0.25) is 0 Å². The van der Waals surface area contributed by atoms with Gasteiger partial charge in [0.05, 0.1) is 0 Å². The van der Waals surface area contributed by atoms with Crippen molar-refractivity contribution in [3.05, 3.63) is 24.3 Å². The van der Waals surface area contributed by atoms with Crippen LogP contribution in [0.3, 0.4) is 0 Å². The van der Waals surface area contributed by atoms with E-state index in [1.54, 1.807) is 0 Å². The molecular formula is C12H20. The van der Waals surface area contributed by atoms with Crippen LogP contribution in [0.1, 0.15) is 40.0 Å². The van der Waals surface area contributed by atoms with Gasteiger partial charge in [0.25, 0.3) is 0 Å². The predicted molar refractivity (Wildman–Crippen MR) is 55.1 cm³/mol. The van der Waals surface area contributed by atoms with Crippen LogP contribution in [0.4, 0.5) is 0 Å². The first-order valence-electron chi connectivity index (χ1n) is 4.97. The van der Waals surface area contributed by atoms with E-state index in [4.69, 9.17) is 0 Å². The smallest absolute Gasteiger partial charge is 0.0228 e. The Morgan fingerprint density at radius 3 is 2.75 bits per heavy atom. The van der Waals surface area contributed by atoms with E-state index < -0.39 is 0 Å². The molecule has 1 rings (SSSR count). The van der Waals surface area contributed by atoms with Crippen LogP contribution in [-0.4, -0.2) is 0 Å². The zero-order valence-electron chi connectivity index (χ0n) is 8.51. The van der Waals surface area contributed by atoms with Crippen molar-refractivity contribution in [2.45, 2.75) is 40.0 Å². The molecule has 1 aliphatic carbocycles. The highest BCUT2D eigenvalue weighted by Gasteiger charge is 2.20. The molecule has 0 N–H and O–H groups in total. The summed E-state index contributed by atoms with van der Waals surface area (Å²) in [6.07, 6.45) is 12.8. The van der Waals surface area contributed by atoms with Gasteiger partial charge >= 0.3 is 0 Å². The van der Waals surface area contributed by atoms with Gasteiger partial charge in [-0.25, -0.2) is 0 Å². The first-order chi connectivity index (χ1) is 5.64. The summed E-state index contributed by atoms with van der Waals surface area (Å²) in [6.45, 7) is 6.99. The minimum Gasteiger partial charge on any atom is -0.0840 e. The summed E-state index contributed by atoms with van der Waals surface area (Å²) in [5, 5.41) is 0. The van der Waals surface area contributed by atoms with Gasteiger partial charge in [0.1, 0.15) is 0 Å². The lowest BCUT2D eigenvalue weighted by atomic mass is 9.78. The van der Waals surface area contributed by atoms with E-state index in [1.165, 1.54) is 19.3 Å². The molecule has 0 aromatic carbocycles. The van der Waals surface area contributed by atoms with Crippen LogP contribution in [-0.2, 0) is 0 Å². The Kier molecular flexibility index (Phi) is 3.13. The Labute approximate surface area is 76.4 Å². The average molecular weight is 164 g/mol. The lowest BCUT2D eigenvalue weighted by molar-refractivity contribution is 0.290. The van der Waals surface area contributed by atoms with Crippen molar-refractivity contribution < 1.29 is 0 Å². The molecule has 0 heterocycles. The molecule has 0 bridgehead atoms. The summed E-state index contributed by atoms with van der Waals surface area (Å²) in [5.74, 6) is 0.782. The molecule has 0 heteroatoms. The standard InChI is InChI=1S/C12H20/c1-4-11-8-6-5-7-9-12(2,3)10-11/h5-8,11H,4,9-10H2,1-3H3. The second-order valence-electron chi connectivity index (χ2n) is 4.55. The van der Waals surface area contributed by atoms with Gasteiger partial charge in [-0.15, -0.1) is 0 Å². The number of allylic oxidation sites excluding steroid dienone is 4. The molecule has 1 atom stereocenters. The van der Waals surface area contributed by atoms with Crippen LogP contribution < -0.4 is 0 Å². The Morgan fingerprint density at radius 2 is 2.08 bits per heavy atom. The predicted octanol–water partition coefficient (Wildman–Crippen LogP) is 3.95. The van der Waals surface area contributed by atoms with Crippen LogP contribution in [0.15, 0.2) is 24.3 Å². The number of rotatable bonds is 1. The van der Waals surface area contributed by atoms with Crippen molar-refractivity contribution >= 4 is 0 Å². The summed E-state index contributed by atoms with van der Waals surface area (Å²) in [6, 6.07) is 0. The van der Waals surface area contributed by atoms with Gasteiger partial charge in [-0.1, -0.05) is 45.1 Å². The molecule has 0 aromatic heterocycles. The van der Waals surface area contributed by atoms with Crippen molar-refractivity contribution in [2.24, 2.45) is 11.3 Å². The SMILES string of the molecule is CCC1C=CC=CCC(C)(C)C1. The zero-order valence-corrected chi connectivity index (χ0v) is 8.51. The monoisotopic (exact) mass is 164 g/mol. The minimum atomic E-state index is 0.488. The van der Waals surface area contributed by atoms with Crippen molar-refractivity contribution in [3.8, 4) is 0 Å². The number of hydrogen-bond donors (Lipinski definition) is 0. The topological polar surface area (TPSA) is 0 Å². The van der Waals surface area contributed by atoms with Crippen molar-refractivity contribution in [2.75, 3.05) is 0 Å². The molecule has 0 nitrogen and oxygen atoms in total. The second kappa shape index (κ2) is 3.93. The van der Waals surface area contributed by atoms with E-state index in [9.17, 15) is 0 Å². The normalized spacial score (nSPS) is 28.1. The van der Waals surface area contributed by atoms with Gasteiger partial charge in [-0.2, -0.15) is 0 Å². The molecule has 12 heavy (non-hydrogen) atoms. The highest BCUT2D eigenvalue weighted by atomic mass is 14.3. The molecule has 0 spiro atoms. The highest BCUT2D eigenvalue weighted by molar-refractivity contribution is 5.08. The fraction of sp³-hybridized carbons (Fsp3) is 0.667. The summed E-state index contributed by atoms with van der Waals surface area (Å²) < 4.78 is 0. The van der Waals surface area contributed by atoms with Crippen LogP contribution in [0.2, 0.25) is 0 Å². The summed E-state index contributed by atoms with van der Waals surface area (Å²) in [5.41, 5.74) is 0.488. The quantitative estimate of drug-likeness (QED) is 0.550. The molecule has 0 aromatic rings. The maximum Gasteiger partial charge on any atom is -0.0228 e. The molecule has 0 saturated carbocycles. The molecule has 0 fully saturated rings. The highest BCUT2D eigenvalue weighted by Crippen LogP contribution is 2.32. The Balaban J connectivity index is 2.67. The van der Waals surface area contributed by atoms with Crippen LogP contribution in [0, 0.1) is 11.3 Å². The second-order valence-corrected chi connectivity index (χ2v) is 4.55. The van der Waals surface area contributed by atoms with Crippen LogP contribution >= 0.6 is 0 Å². The van der Waals surface area contributed by atoms with E-state index in [1.807, 2.05) is 0 Å². The van der Waals surface area contributed by atoms with Crippen molar-refractivity contribution in [1.82, 2.24) is 0 Å². The maximum absolute atomic E-state index is 2.36. The van der Waals surface area contributed by atoms with Gasteiger partial charge in [0.15, 0.2) is 0 Å². The summed E-state index contributed by atoms with van der Waals surface area (Å²) >= 11 is 0. The Morgan fingerprint density at radius 1 is 1.33 bits per heavy atom. The molecule has 1 unspecified atom stereocenters. The van der Waals surface area contributed by atoms with Crippen LogP contribution in [0.25, 0.3) is 0 Å². The molecular weight excluding hydrogens is 144 g/mol. The number of hydrogen-bond acceptors (Lipinski definition) is 0. The molecule has 0 aliphatic heterocycles. The molecule has 0 radical (unpaired) electrons. The molecule has 1 aliphatic rings. The average Bonchev–Trinajstić information content (AvgIpc) is 1.97. The first-order valence-corrected chi connectivity index (χ1v) is 4.97. The van der Waals surface area contributed by atoms with Crippen molar-refractivity contribution in [1.29, 1.82) is 0 Å². The Bertz CT molecular complexity index is 184. The third kappa shape index (κ3) is 2.84. The molecule has 68 valence electrons. The van der Waals surface area contributed by atoms with E-state index in [-0.39, 0.29) is 0 Å². The summed E-state index contributed by atoms with van der Waals surface area (Å²) in [4.78, 5) is 0. The third-order valence-corrected chi connectivity index (χ3v) is 2.64. The zero-order chi connectivity index (χ0) is 9.03. The Hall–Kier alpha value is -0.520. The van der Waals surface area contributed by atoms with Gasteiger partial charge in [0, 0.05) is 0 Å². The van der Waals surface area contributed by atoms with Gasteiger partial charge in [0.2, 0.25) is 0 Å². The fourth-order valence-corrected chi connectivity index (χ4v) is 1.83. The van der Waals surface area contributed by atoms with E-state index in [0.717, 1.165) is 5.92 Å². The summed E-state index contributed by atoms with van der Waals surface area (Å²) in [7, 11) is 0. The van der Waals surface area contributed by atoms with Crippen molar-refractivity contribution in [3.63, 3.8) is 0 Å².